The van der Waals surface area contributed by atoms with E-state index in [1.54, 1.807) is 0 Å². The quantitative estimate of drug-likeness (QED) is 0.626. The van der Waals surface area contributed by atoms with E-state index in [-0.39, 0.29) is 11.9 Å². The smallest absolute Gasteiger partial charge is 0.234 e. The Labute approximate surface area is 178 Å². The van der Waals surface area contributed by atoms with Crippen molar-refractivity contribution in [1.82, 2.24) is 9.62 Å². The fraction of sp³-hybridized carbons (Fsp3) is 0.409. The molecule has 2 aromatic carbocycles. The van der Waals surface area contributed by atoms with Gasteiger partial charge in [-0.25, -0.2) is 8.42 Å². The first-order valence-electron chi connectivity index (χ1n) is 10.2. The molecule has 162 valence electrons. The lowest BCUT2D eigenvalue weighted by atomic mass is 10.0. The summed E-state index contributed by atoms with van der Waals surface area (Å²) in [5.74, 6) is -0.341. The van der Waals surface area contributed by atoms with E-state index in [1.165, 1.54) is 16.1 Å². The zero-order chi connectivity index (χ0) is 21.6. The summed E-state index contributed by atoms with van der Waals surface area (Å²) in [6, 6.07) is 17.8. The molecule has 2 aromatic rings. The summed E-state index contributed by atoms with van der Waals surface area (Å²) < 4.78 is 24.8. The maximum Gasteiger partial charge on any atom is 0.234 e. The average molecular weight is 431 g/mol. The van der Waals surface area contributed by atoms with E-state index in [1.807, 2.05) is 54.6 Å². The van der Waals surface area contributed by atoms with Crippen LogP contribution in [0, 0.1) is 0 Å². The number of sulfonamides is 1. The lowest BCUT2D eigenvalue weighted by Crippen LogP contribution is -2.48. The molecule has 0 saturated carbocycles. The van der Waals surface area contributed by atoms with Crippen LogP contribution in [-0.2, 0) is 27.8 Å². The molecule has 1 saturated heterocycles. The van der Waals surface area contributed by atoms with Gasteiger partial charge in [0, 0.05) is 38.4 Å². The van der Waals surface area contributed by atoms with Gasteiger partial charge in [-0.1, -0.05) is 42.5 Å². The fourth-order valence-electron chi connectivity index (χ4n) is 3.64. The van der Waals surface area contributed by atoms with Crippen molar-refractivity contribution < 1.29 is 13.2 Å². The summed E-state index contributed by atoms with van der Waals surface area (Å²) >= 11 is 0. The van der Waals surface area contributed by atoms with E-state index in [2.05, 4.69) is 10.2 Å². The number of carbonyl (C=O) groups is 1. The molecule has 0 aliphatic carbocycles. The van der Waals surface area contributed by atoms with Gasteiger partial charge in [-0.05, 0) is 36.1 Å². The second-order valence-corrected chi connectivity index (χ2v) is 9.66. The first kappa shape index (κ1) is 22.3. The molecule has 0 spiro atoms. The molecule has 1 heterocycles. The largest absolute Gasteiger partial charge is 0.369 e. The van der Waals surface area contributed by atoms with Gasteiger partial charge in [0.25, 0.3) is 0 Å². The van der Waals surface area contributed by atoms with Gasteiger partial charge in [-0.15, -0.1) is 0 Å². The van der Waals surface area contributed by atoms with Crippen LogP contribution >= 0.6 is 0 Å². The number of rotatable bonds is 9. The minimum absolute atomic E-state index is 0.341. The van der Waals surface area contributed by atoms with Crippen molar-refractivity contribution in [2.24, 2.45) is 5.73 Å². The summed E-state index contributed by atoms with van der Waals surface area (Å²) in [6.07, 6.45) is 2.70. The summed E-state index contributed by atoms with van der Waals surface area (Å²) in [6.45, 7) is 2.92. The van der Waals surface area contributed by atoms with Crippen molar-refractivity contribution in [2.75, 3.05) is 37.3 Å². The summed E-state index contributed by atoms with van der Waals surface area (Å²) in [5, 5.41) is 3.27. The Bertz CT molecular complexity index is 925. The zero-order valence-electron chi connectivity index (χ0n) is 17.3. The van der Waals surface area contributed by atoms with Crippen LogP contribution in [0.25, 0.3) is 0 Å². The van der Waals surface area contributed by atoms with Crippen LogP contribution in [0.2, 0.25) is 0 Å². The van der Waals surface area contributed by atoms with E-state index in [0.717, 1.165) is 17.7 Å². The molecule has 0 radical (unpaired) electrons. The number of hydrogen-bond acceptors (Lipinski definition) is 5. The molecule has 1 atom stereocenters. The number of piperazine rings is 1. The lowest BCUT2D eigenvalue weighted by molar-refractivity contribution is -0.120. The third-order valence-electron chi connectivity index (χ3n) is 5.47. The molecule has 3 rings (SSSR count). The van der Waals surface area contributed by atoms with Crippen LogP contribution in [0.4, 0.5) is 5.69 Å². The summed E-state index contributed by atoms with van der Waals surface area (Å²) in [5.41, 5.74) is 8.90. The standard InChI is InChI=1S/C22H30N4O3S/c1-30(28,29)26-15-13-25(14-16-26)20-10-7-19(8-11-20)17-24-21(22(23)27)12-9-18-5-3-2-4-6-18/h2-8,10-11,21,24H,9,12-17H2,1H3,(H2,23,27). The molecular formula is C22H30N4O3S. The number of aryl methyl sites for hydroxylation is 1. The van der Waals surface area contributed by atoms with Crippen LogP contribution in [-0.4, -0.2) is 57.1 Å². The number of hydrogen-bond donors (Lipinski definition) is 2. The van der Waals surface area contributed by atoms with Crippen LogP contribution in [0.1, 0.15) is 17.5 Å². The minimum atomic E-state index is -3.12. The molecule has 1 unspecified atom stereocenters. The van der Waals surface area contributed by atoms with Crippen molar-refractivity contribution in [2.45, 2.75) is 25.4 Å². The van der Waals surface area contributed by atoms with Crippen LogP contribution < -0.4 is 16.0 Å². The number of anilines is 1. The number of nitrogens with two attached hydrogens (primary N) is 1. The van der Waals surface area contributed by atoms with Crippen molar-refractivity contribution in [3.63, 3.8) is 0 Å². The van der Waals surface area contributed by atoms with Crippen LogP contribution in [0.3, 0.4) is 0 Å². The SMILES string of the molecule is CS(=O)(=O)N1CCN(c2ccc(CNC(CCc3ccccc3)C(N)=O)cc2)CC1. The molecule has 1 amide bonds. The number of primary amides is 1. The first-order valence-corrected chi connectivity index (χ1v) is 12.0. The molecular weight excluding hydrogens is 400 g/mol. The van der Waals surface area contributed by atoms with Gasteiger partial charge in [-0.2, -0.15) is 4.31 Å². The van der Waals surface area contributed by atoms with E-state index < -0.39 is 10.0 Å². The molecule has 1 aliphatic rings. The Morgan fingerprint density at radius 2 is 1.63 bits per heavy atom. The van der Waals surface area contributed by atoms with Crippen molar-refractivity contribution in [3.05, 3.63) is 65.7 Å². The summed E-state index contributed by atoms with van der Waals surface area (Å²) in [4.78, 5) is 14.0. The molecule has 8 heteroatoms. The van der Waals surface area contributed by atoms with Gasteiger partial charge < -0.3 is 16.0 Å². The fourth-order valence-corrected chi connectivity index (χ4v) is 4.47. The third kappa shape index (κ3) is 6.29. The van der Waals surface area contributed by atoms with E-state index in [0.29, 0.717) is 39.1 Å². The molecule has 0 bridgehead atoms. The predicted molar refractivity (Wildman–Crippen MR) is 120 cm³/mol. The van der Waals surface area contributed by atoms with E-state index in [4.69, 9.17) is 5.73 Å². The average Bonchev–Trinajstić information content (AvgIpc) is 2.74. The highest BCUT2D eigenvalue weighted by Gasteiger charge is 2.23. The Kier molecular flexibility index (Phi) is 7.47. The third-order valence-corrected chi connectivity index (χ3v) is 6.77. The normalized spacial score (nSPS) is 16.4. The molecule has 7 nitrogen and oxygen atoms in total. The highest BCUT2D eigenvalue weighted by atomic mass is 32.2. The molecule has 1 aliphatic heterocycles. The molecule has 30 heavy (non-hydrogen) atoms. The molecule has 3 N–H and O–H groups in total. The van der Waals surface area contributed by atoms with Gasteiger partial charge in [0.1, 0.15) is 0 Å². The molecule has 1 fully saturated rings. The Balaban J connectivity index is 1.50. The Morgan fingerprint density at radius 1 is 1.00 bits per heavy atom. The van der Waals surface area contributed by atoms with Crippen LogP contribution in [0.5, 0.6) is 0 Å². The highest BCUT2D eigenvalue weighted by Crippen LogP contribution is 2.18. The van der Waals surface area contributed by atoms with Crippen LogP contribution in [0.15, 0.2) is 54.6 Å². The predicted octanol–water partition coefficient (Wildman–Crippen LogP) is 1.34. The monoisotopic (exact) mass is 430 g/mol. The van der Waals surface area contributed by atoms with Crippen molar-refractivity contribution in [3.8, 4) is 0 Å². The topological polar surface area (TPSA) is 95.7 Å². The van der Waals surface area contributed by atoms with Gasteiger partial charge in [0.15, 0.2) is 0 Å². The number of carbonyl (C=O) groups excluding carboxylic acids is 1. The van der Waals surface area contributed by atoms with Crippen molar-refractivity contribution in [1.29, 1.82) is 0 Å². The number of nitrogens with one attached hydrogen (secondary N) is 1. The van der Waals surface area contributed by atoms with E-state index >= 15 is 0 Å². The second-order valence-electron chi connectivity index (χ2n) is 7.68. The number of nitrogens with zero attached hydrogens (tertiary/aromatic N) is 2. The Hall–Kier alpha value is -2.42. The number of benzene rings is 2. The van der Waals surface area contributed by atoms with Gasteiger partial charge in [0.2, 0.25) is 15.9 Å². The van der Waals surface area contributed by atoms with Crippen molar-refractivity contribution >= 4 is 21.6 Å². The number of amides is 1. The lowest BCUT2D eigenvalue weighted by Gasteiger charge is -2.34. The summed E-state index contributed by atoms with van der Waals surface area (Å²) in [7, 11) is -3.12. The van der Waals surface area contributed by atoms with E-state index in [9.17, 15) is 13.2 Å². The highest BCUT2D eigenvalue weighted by molar-refractivity contribution is 7.88. The second kappa shape index (κ2) is 10.1. The van der Waals surface area contributed by atoms with Gasteiger partial charge >= 0.3 is 0 Å². The maximum absolute atomic E-state index is 11.8. The Morgan fingerprint density at radius 3 is 2.20 bits per heavy atom. The zero-order valence-corrected chi connectivity index (χ0v) is 18.1. The first-order chi connectivity index (χ1) is 14.3. The molecule has 0 aromatic heterocycles. The van der Waals surface area contributed by atoms with Gasteiger partial charge in [-0.3, -0.25) is 4.79 Å². The van der Waals surface area contributed by atoms with Gasteiger partial charge in [0.05, 0.1) is 12.3 Å². The maximum atomic E-state index is 11.8. The minimum Gasteiger partial charge on any atom is -0.369 e.